The van der Waals surface area contributed by atoms with Gasteiger partial charge in [-0.05, 0) is 24.3 Å². The SMILES string of the molecule is O=C[C@H]1C[C@H](c2cccc3c(N4CCC(=O)NC4=O)cncc32)C1. The molecule has 0 unspecified atom stereocenters. The van der Waals surface area contributed by atoms with Crippen molar-refractivity contribution in [3.05, 3.63) is 36.2 Å². The molecule has 0 atom stereocenters. The van der Waals surface area contributed by atoms with Crippen molar-refractivity contribution in [2.75, 3.05) is 11.4 Å². The van der Waals surface area contributed by atoms with Crippen LogP contribution in [0.1, 0.15) is 30.7 Å². The number of carbonyl (C=O) groups is 3. The van der Waals surface area contributed by atoms with Gasteiger partial charge in [-0.2, -0.15) is 0 Å². The number of carbonyl (C=O) groups excluding carboxylic acids is 3. The Bertz CT molecular complexity index is 843. The van der Waals surface area contributed by atoms with Crippen LogP contribution in [0.4, 0.5) is 10.5 Å². The molecule has 2 fully saturated rings. The number of pyridine rings is 1. The smallest absolute Gasteiger partial charge is 0.303 e. The van der Waals surface area contributed by atoms with Gasteiger partial charge in [0.1, 0.15) is 6.29 Å². The zero-order valence-electron chi connectivity index (χ0n) is 13.1. The van der Waals surface area contributed by atoms with Crippen LogP contribution in [0.25, 0.3) is 10.8 Å². The second-order valence-electron chi connectivity index (χ2n) is 6.42. The number of imide groups is 1. The fourth-order valence-electron chi connectivity index (χ4n) is 3.59. The van der Waals surface area contributed by atoms with Crippen LogP contribution < -0.4 is 10.2 Å². The van der Waals surface area contributed by atoms with Crippen LogP contribution >= 0.6 is 0 Å². The number of amides is 3. The van der Waals surface area contributed by atoms with Crippen LogP contribution in [0.3, 0.4) is 0 Å². The lowest BCUT2D eigenvalue weighted by atomic mass is 9.71. The van der Waals surface area contributed by atoms with Crippen molar-refractivity contribution in [2.45, 2.75) is 25.2 Å². The zero-order valence-corrected chi connectivity index (χ0v) is 13.1. The van der Waals surface area contributed by atoms with E-state index in [0.29, 0.717) is 18.2 Å². The Morgan fingerprint density at radius 3 is 2.75 bits per heavy atom. The summed E-state index contributed by atoms with van der Waals surface area (Å²) in [7, 11) is 0. The van der Waals surface area contributed by atoms with E-state index < -0.39 is 6.03 Å². The molecular weight excluding hydrogens is 306 g/mol. The molecule has 1 aliphatic carbocycles. The monoisotopic (exact) mass is 323 g/mol. The van der Waals surface area contributed by atoms with Crippen molar-refractivity contribution in [3.63, 3.8) is 0 Å². The van der Waals surface area contributed by atoms with Crippen molar-refractivity contribution in [1.29, 1.82) is 0 Å². The van der Waals surface area contributed by atoms with Crippen molar-refractivity contribution >= 4 is 34.7 Å². The van der Waals surface area contributed by atoms with Crippen LogP contribution in [-0.2, 0) is 9.59 Å². The quantitative estimate of drug-likeness (QED) is 0.880. The number of aldehydes is 1. The van der Waals surface area contributed by atoms with E-state index in [1.165, 1.54) is 5.56 Å². The Morgan fingerprint density at radius 2 is 2.00 bits per heavy atom. The highest BCUT2D eigenvalue weighted by Crippen LogP contribution is 2.43. The third-order valence-electron chi connectivity index (χ3n) is 4.97. The van der Waals surface area contributed by atoms with Gasteiger partial charge in [0.25, 0.3) is 0 Å². The van der Waals surface area contributed by atoms with Crippen LogP contribution in [0.15, 0.2) is 30.6 Å². The molecule has 2 heterocycles. The average Bonchev–Trinajstić information content (AvgIpc) is 2.54. The first-order valence-electron chi connectivity index (χ1n) is 8.10. The highest BCUT2D eigenvalue weighted by atomic mass is 16.2. The largest absolute Gasteiger partial charge is 0.328 e. The lowest BCUT2D eigenvalue weighted by Gasteiger charge is -2.33. The number of nitrogens with zero attached hydrogens (tertiary/aromatic N) is 2. The van der Waals surface area contributed by atoms with Crippen LogP contribution in [0, 0.1) is 5.92 Å². The molecular formula is C18H17N3O3. The number of nitrogens with one attached hydrogen (secondary N) is 1. The molecule has 1 N–H and O–H groups in total. The molecule has 6 nitrogen and oxygen atoms in total. The van der Waals surface area contributed by atoms with E-state index in [1.807, 2.05) is 18.3 Å². The summed E-state index contributed by atoms with van der Waals surface area (Å²) in [6.45, 7) is 0.354. The molecule has 4 rings (SSSR count). The second-order valence-corrected chi connectivity index (χ2v) is 6.42. The topological polar surface area (TPSA) is 79.4 Å². The van der Waals surface area contributed by atoms with Crippen molar-refractivity contribution < 1.29 is 14.4 Å². The lowest BCUT2D eigenvalue weighted by Crippen LogP contribution is -2.49. The molecule has 6 heteroatoms. The summed E-state index contributed by atoms with van der Waals surface area (Å²) in [6.07, 6.45) is 6.52. The minimum Gasteiger partial charge on any atom is -0.303 e. The summed E-state index contributed by atoms with van der Waals surface area (Å²) in [5, 5.41) is 4.30. The molecule has 1 aliphatic heterocycles. The first-order chi connectivity index (χ1) is 11.7. The summed E-state index contributed by atoms with van der Waals surface area (Å²) in [5.41, 5.74) is 1.89. The molecule has 122 valence electrons. The van der Waals surface area contributed by atoms with Gasteiger partial charge in [-0.1, -0.05) is 18.2 Å². The number of anilines is 1. The number of fused-ring (bicyclic) bond motifs is 1. The normalized spacial score (nSPS) is 23.8. The molecule has 2 aliphatic rings. The van der Waals surface area contributed by atoms with Gasteiger partial charge in [-0.15, -0.1) is 0 Å². The third-order valence-corrected chi connectivity index (χ3v) is 4.97. The number of urea groups is 1. The molecule has 0 spiro atoms. The van der Waals surface area contributed by atoms with E-state index in [1.54, 1.807) is 11.1 Å². The van der Waals surface area contributed by atoms with E-state index in [-0.39, 0.29) is 18.2 Å². The average molecular weight is 323 g/mol. The summed E-state index contributed by atoms with van der Waals surface area (Å²) < 4.78 is 0. The van der Waals surface area contributed by atoms with Gasteiger partial charge in [0.2, 0.25) is 5.91 Å². The number of benzene rings is 1. The molecule has 3 amide bonds. The Morgan fingerprint density at radius 1 is 1.17 bits per heavy atom. The van der Waals surface area contributed by atoms with Crippen molar-refractivity contribution in [1.82, 2.24) is 10.3 Å². The van der Waals surface area contributed by atoms with Crippen molar-refractivity contribution in [2.24, 2.45) is 5.92 Å². The third kappa shape index (κ3) is 2.35. The maximum atomic E-state index is 12.1. The van der Waals surface area contributed by atoms with E-state index >= 15 is 0 Å². The van der Waals surface area contributed by atoms with Gasteiger partial charge in [0.15, 0.2) is 0 Å². The van der Waals surface area contributed by atoms with Gasteiger partial charge in [0, 0.05) is 35.9 Å². The molecule has 1 aromatic heterocycles. The molecule has 2 aromatic rings. The Labute approximate surface area is 138 Å². The Hall–Kier alpha value is -2.76. The number of hydrogen-bond acceptors (Lipinski definition) is 4. The number of aromatic nitrogens is 1. The van der Waals surface area contributed by atoms with Gasteiger partial charge in [0.05, 0.1) is 11.9 Å². The van der Waals surface area contributed by atoms with Crippen LogP contribution in [-0.4, -0.2) is 29.8 Å². The number of hydrogen-bond donors (Lipinski definition) is 1. The second kappa shape index (κ2) is 5.70. The predicted octanol–water partition coefficient (Wildman–Crippen LogP) is 2.37. The van der Waals surface area contributed by atoms with E-state index in [2.05, 4.69) is 16.4 Å². The molecule has 1 saturated carbocycles. The minimum atomic E-state index is -0.407. The number of rotatable bonds is 3. The first kappa shape index (κ1) is 14.8. The lowest BCUT2D eigenvalue weighted by molar-refractivity contribution is -0.120. The molecule has 24 heavy (non-hydrogen) atoms. The maximum absolute atomic E-state index is 12.1. The highest BCUT2D eigenvalue weighted by Gasteiger charge is 2.32. The van der Waals surface area contributed by atoms with Gasteiger partial charge >= 0.3 is 6.03 Å². The zero-order chi connectivity index (χ0) is 16.7. The maximum Gasteiger partial charge on any atom is 0.328 e. The first-order valence-corrected chi connectivity index (χ1v) is 8.10. The van der Waals surface area contributed by atoms with Crippen molar-refractivity contribution in [3.8, 4) is 0 Å². The predicted molar refractivity (Wildman–Crippen MR) is 88.8 cm³/mol. The summed E-state index contributed by atoms with van der Waals surface area (Å²) >= 11 is 0. The van der Waals surface area contributed by atoms with Crippen LogP contribution in [0.5, 0.6) is 0 Å². The fourth-order valence-corrected chi connectivity index (χ4v) is 3.59. The van der Waals surface area contributed by atoms with Gasteiger partial charge in [-0.3, -0.25) is 20.0 Å². The highest BCUT2D eigenvalue weighted by molar-refractivity contribution is 6.10. The van der Waals surface area contributed by atoms with Gasteiger partial charge < -0.3 is 4.79 Å². The van der Waals surface area contributed by atoms with E-state index in [9.17, 15) is 14.4 Å². The van der Waals surface area contributed by atoms with E-state index in [4.69, 9.17) is 0 Å². The molecule has 1 saturated heterocycles. The summed E-state index contributed by atoms with van der Waals surface area (Å²) in [4.78, 5) is 40.2. The standard InChI is InChI=1S/C18H17N3O3/c22-10-11-6-12(7-11)13-2-1-3-14-15(13)8-19-9-16(14)21-5-4-17(23)20-18(21)24/h1-3,8-12H,4-7H2,(H,20,23,24)/t11-,12-. The fraction of sp³-hybridized carbons (Fsp3) is 0.333. The summed E-state index contributed by atoms with van der Waals surface area (Å²) in [5.74, 6) is 0.262. The Balaban J connectivity index is 1.74. The van der Waals surface area contributed by atoms with Crippen LogP contribution in [0.2, 0.25) is 0 Å². The minimum absolute atomic E-state index is 0.153. The molecule has 0 bridgehead atoms. The molecule has 1 aromatic carbocycles. The van der Waals surface area contributed by atoms with Gasteiger partial charge in [-0.25, -0.2) is 4.79 Å². The molecule has 0 radical (unpaired) electrons. The van der Waals surface area contributed by atoms with E-state index in [0.717, 1.165) is 29.9 Å². The summed E-state index contributed by atoms with van der Waals surface area (Å²) in [6, 6.07) is 5.60. The Kier molecular flexibility index (Phi) is 3.52.